The molecule has 0 saturated heterocycles. The summed E-state index contributed by atoms with van der Waals surface area (Å²) in [6.45, 7) is 4.10. The normalized spacial score (nSPS) is 11.4. The molecular weight excluding hydrogens is 86.1 g/mol. The Morgan fingerprint density at radius 1 is 1.71 bits per heavy atom. The Balaban J connectivity index is 3.49. The third-order valence-corrected chi connectivity index (χ3v) is 0.926. The minimum Gasteiger partial charge on any atom is -0.309 e. The SMILES string of the molecule is CC/C(C)=C/C=N. The van der Waals surface area contributed by atoms with E-state index < -0.39 is 0 Å². The van der Waals surface area contributed by atoms with Gasteiger partial charge in [0.25, 0.3) is 0 Å². The Morgan fingerprint density at radius 2 is 2.29 bits per heavy atom. The summed E-state index contributed by atoms with van der Waals surface area (Å²) in [5, 5.41) is 6.64. The lowest BCUT2D eigenvalue weighted by Crippen LogP contribution is -1.69. The number of rotatable bonds is 2. The van der Waals surface area contributed by atoms with Crippen LogP contribution in [0.25, 0.3) is 0 Å². The van der Waals surface area contributed by atoms with Gasteiger partial charge in [0.05, 0.1) is 0 Å². The second kappa shape index (κ2) is 3.59. The molecule has 0 bridgehead atoms. The summed E-state index contributed by atoms with van der Waals surface area (Å²) in [6.07, 6.45) is 4.17. The predicted octanol–water partition coefficient (Wildman–Crippen LogP) is 1.99. The van der Waals surface area contributed by atoms with Crippen molar-refractivity contribution in [1.82, 2.24) is 0 Å². The standard InChI is InChI=1S/C6H11N/c1-3-6(2)4-5-7/h4-5,7H,3H2,1-2H3/b6-4+,7-5?. The molecule has 0 unspecified atom stereocenters. The van der Waals surface area contributed by atoms with E-state index in [0.717, 1.165) is 6.42 Å². The van der Waals surface area contributed by atoms with Gasteiger partial charge in [0.1, 0.15) is 0 Å². The summed E-state index contributed by atoms with van der Waals surface area (Å²) < 4.78 is 0. The summed E-state index contributed by atoms with van der Waals surface area (Å²) in [5.74, 6) is 0. The van der Waals surface area contributed by atoms with Crippen molar-refractivity contribution in [3.8, 4) is 0 Å². The van der Waals surface area contributed by atoms with Crippen molar-refractivity contribution >= 4 is 6.21 Å². The Hall–Kier alpha value is -0.590. The molecule has 1 nitrogen and oxygen atoms in total. The van der Waals surface area contributed by atoms with E-state index in [2.05, 4.69) is 6.92 Å². The average molecular weight is 97.2 g/mol. The zero-order chi connectivity index (χ0) is 5.70. The quantitative estimate of drug-likeness (QED) is 0.509. The molecule has 1 N–H and O–H groups in total. The highest BCUT2D eigenvalue weighted by Gasteiger charge is 1.75. The Morgan fingerprint density at radius 3 is 2.43 bits per heavy atom. The van der Waals surface area contributed by atoms with E-state index in [0.29, 0.717) is 0 Å². The van der Waals surface area contributed by atoms with Crippen LogP contribution in [0.4, 0.5) is 0 Å². The van der Waals surface area contributed by atoms with Gasteiger partial charge < -0.3 is 5.41 Å². The molecule has 0 aromatic heterocycles. The van der Waals surface area contributed by atoms with Gasteiger partial charge >= 0.3 is 0 Å². The van der Waals surface area contributed by atoms with Crippen LogP contribution in [-0.2, 0) is 0 Å². The minimum atomic E-state index is 1.05. The molecular formula is C6H11N. The van der Waals surface area contributed by atoms with E-state index in [1.54, 1.807) is 6.08 Å². The summed E-state index contributed by atoms with van der Waals surface area (Å²) >= 11 is 0. The zero-order valence-electron chi connectivity index (χ0n) is 4.86. The van der Waals surface area contributed by atoms with Gasteiger partial charge in [-0.25, -0.2) is 0 Å². The van der Waals surface area contributed by atoms with Crippen LogP contribution in [-0.4, -0.2) is 6.21 Å². The molecule has 0 aliphatic heterocycles. The predicted molar refractivity (Wildman–Crippen MR) is 32.8 cm³/mol. The van der Waals surface area contributed by atoms with Gasteiger partial charge in [-0.1, -0.05) is 12.5 Å². The number of nitrogens with one attached hydrogen (secondary N) is 1. The molecule has 0 aromatic rings. The topological polar surface area (TPSA) is 23.9 Å². The van der Waals surface area contributed by atoms with Gasteiger partial charge in [0.15, 0.2) is 0 Å². The van der Waals surface area contributed by atoms with Crippen LogP contribution < -0.4 is 0 Å². The van der Waals surface area contributed by atoms with E-state index >= 15 is 0 Å². The molecule has 0 aliphatic carbocycles. The molecule has 0 aliphatic rings. The molecule has 0 radical (unpaired) electrons. The third-order valence-electron chi connectivity index (χ3n) is 0.926. The first-order chi connectivity index (χ1) is 3.31. The van der Waals surface area contributed by atoms with E-state index in [9.17, 15) is 0 Å². The summed E-state index contributed by atoms with van der Waals surface area (Å²) in [5.41, 5.74) is 1.26. The van der Waals surface area contributed by atoms with Crippen molar-refractivity contribution in [2.24, 2.45) is 0 Å². The maximum Gasteiger partial charge on any atom is 0.0177 e. The van der Waals surface area contributed by atoms with E-state index in [1.807, 2.05) is 6.92 Å². The highest BCUT2D eigenvalue weighted by atomic mass is 14.3. The van der Waals surface area contributed by atoms with Gasteiger partial charge in [-0.3, -0.25) is 0 Å². The molecule has 0 fully saturated rings. The Kier molecular flexibility index (Phi) is 3.29. The first kappa shape index (κ1) is 6.41. The number of allylic oxidation sites excluding steroid dienone is 2. The van der Waals surface area contributed by atoms with Crippen molar-refractivity contribution < 1.29 is 0 Å². The molecule has 0 heterocycles. The lowest BCUT2D eigenvalue weighted by atomic mass is 10.2. The highest BCUT2D eigenvalue weighted by Crippen LogP contribution is 1.93. The maximum atomic E-state index is 6.64. The van der Waals surface area contributed by atoms with E-state index in [-0.39, 0.29) is 0 Å². The zero-order valence-corrected chi connectivity index (χ0v) is 4.86. The molecule has 0 saturated carbocycles. The minimum absolute atomic E-state index is 1.05. The first-order valence-corrected chi connectivity index (χ1v) is 2.47. The molecule has 0 atom stereocenters. The van der Waals surface area contributed by atoms with Crippen LogP contribution >= 0.6 is 0 Å². The van der Waals surface area contributed by atoms with Crippen molar-refractivity contribution in [3.05, 3.63) is 11.6 Å². The molecule has 0 aromatic carbocycles. The highest BCUT2D eigenvalue weighted by molar-refractivity contribution is 5.68. The second-order valence-corrected chi connectivity index (χ2v) is 1.53. The van der Waals surface area contributed by atoms with Crippen LogP contribution in [0.1, 0.15) is 20.3 Å². The fraction of sp³-hybridized carbons (Fsp3) is 0.500. The molecule has 0 amide bonds. The monoisotopic (exact) mass is 97.1 g/mol. The molecule has 0 spiro atoms. The van der Waals surface area contributed by atoms with Gasteiger partial charge in [-0.2, -0.15) is 0 Å². The van der Waals surface area contributed by atoms with Gasteiger partial charge in [-0.05, 0) is 19.4 Å². The van der Waals surface area contributed by atoms with Gasteiger partial charge in [0, 0.05) is 6.21 Å². The summed E-state index contributed by atoms with van der Waals surface area (Å²) in [7, 11) is 0. The lowest BCUT2D eigenvalue weighted by molar-refractivity contribution is 1.10. The maximum absolute atomic E-state index is 6.64. The van der Waals surface area contributed by atoms with Crippen LogP contribution in [0.2, 0.25) is 0 Å². The van der Waals surface area contributed by atoms with Gasteiger partial charge in [0.2, 0.25) is 0 Å². The van der Waals surface area contributed by atoms with Crippen LogP contribution in [0.3, 0.4) is 0 Å². The molecule has 1 heteroatoms. The van der Waals surface area contributed by atoms with E-state index in [1.165, 1.54) is 11.8 Å². The third kappa shape index (κ3) is 3.23. The van der Waals surface area contributed by atoms with E-state index in [4.69, 9.17) is 5.41 Å². The van der Waals surface area contributed by atoms with Crippen molar-refractivity contribution in [1.29, 1.82) is 5.41 Å². The lowest BCUT2D eigenvalue weighted by Gasteiger charge is -1.85. The number of hydrogen-bond donors (Lipinski definition) is 1. The fourth-order valence-corrected chi connectivity index (χ4v) is 0.260. The fourth-order valence-electron chi connectivity index (χ4n) is 0.260. The smallest absolute Gasteiger partial charge is 0.0177 e. The molecule has 7 heavy (non-hydrogen) atoms. The van der Waals surface area contributed by atoms with Crippen LogP contribution in [0.15, 0.2) is 11.6 Å². The summed E-state index contributed by atoms with van der Waals surface area (Å²) in [4.78, 5) is 0. The van der Waals surface area contributed by atoms with Crippen LogP contribution in [0, 0.1) is 5.41 Å². The average Bonchev–Trinajstić information content (AvgIpc) is 1.68. The Labute approximate surface area is 44.6 Å². The van der Waals surface area contributed by atoms with Crippen molar-refractivity contribution in [2.75, 3.05) is 0 Å². The second-order valence-electron chi connectivity index (χ2n) is 1.53. The van der Waals surface area contributed by atoms with Crippen LogP contribution in [0.5, 0.6) is 0 Å². The largest absolute Gasteiger partial charge is 0.309 e. The molecule has 0 rings (SSSR count). The molecule has 40 valence electrons. The number of hydrogen-bond acceptors (Lipinski definition) is 1. The van der Waals surface area contributed by atoms with Crippen molar-refractivity contribution in [2.45, 2.75) is 20.3 Å². The van der Waals surface area contributed by atoms with Crippen molar-refractivity contribution in [3.63, 3.8) is 0 Å². The summed E-state index contributed by atoms with van der Waals surface area (Å²) in [6, 6.07) is 0. The Bertz CT molecular complexity index is 82.2. The first-order valence-electron chi connectivity index (χ1n) is 2.47. The van der Waals surface area contributed by atoms with Gasteiger partial charge in [-0.15, -0.1) is 0 Å².